The van der Waals surface area contributed by atoms with Crippen LogP contribution in [0.3, 0.4) is 0 Å². The van der Waals surface area contributed by atoms with Crippen LogP contribution in [-0.2, 0) is 0 Å². The monoisotopic (exact) mass is 407 g/mol. The summed E-state index contributed by atoms with van der Waals surface area (Å²) in [5.41, 5.74) is 10.1. The van der Waals surface area contributed by atoms with Crippen LogP contribution in [-0.4, -0.2) is 27.5 Å². The number of aliphatic imine (C=N–C) groups is 1. The van der Waals surface area contributed by atoms with Crippen molar-refractivity contribution in [1.82, 2.24) is 14.8 Å². The number of anilines is 1. The minimum Gasteiger partial charge on any atom is -0.382 e. The van der Waals surface area contributed by atoms with Gasteiger partial charge in [-0.15, -0.1) is 0 Å². The number of rotatable bonds is 6. The SMILES string of the molecule is C/N=C(\C=C(/C)C1CCCCC1)c1cn(C(C2CC2)C2CC2)c(=O)c2c(N)n[nH]c12. The smallest absolute Gasteiger partial charge is 0.264 e. The molecule has 0 radical (unpaired) electrons. The number of H-pyrrole nitrogens is 1. The number of allylic oxidation sites excluding steroid dienone is 2. The Morgan fingerprint density at radius 1 is 1.20 bits per heavy atom. The second-order valence-electron chi connectivity index (χ2n) is 9.61. The summed E-state index contributed by atoms with van der Waals surface area (Å²) in [6.07, 6.45) is 15.6. The number of nitrogens with zero attached hydrogens (tertiary/aromatic N) is 3. The summed E-state index contributed by atoms with van der Waals surface area (Å²) < 4.78 is 1.98. The normalized spacial score (nSPS) is 21.7. The van der Waals surface area contributed by atoms with Gasteiger partial charge in [0.25, 0.3) is 5.56 Å². The molecule has 0 aliphatic heterocycles. The van der Waals surface area contributed by atoms with E-state index < -0.39 is 0 Å². The Morgan fingerprint density at radius 3 is 2.47 bits per heavy atom. The van der Waals surface area contributed by atoms with Crippen LogP contribution in [0.4, 0.5) is 5.82 Å². The third-order valence-electron chi connectivity index (χ3n) is 7.44. The van der Waals surface area contributed by atoms with Gasteiger partial charge in [0.05, 0.1) is 11.2 Å². The third kappa shape index (κ3) is 3.50. The van der Waals surface area contributed by atoms with E-state index in [1.165, 1.54) is 63.4 Å². The number of hydrogen-bond donors (Lipinski definition) is 2. The van der Waals surface area contributed by atoms with E-state index in [4.69, 9.17) is 5.73 Å². The first kappa shape index (κ1) is 19.6. The number of nitrogens with one attached hydrogen (secondary N) is 1. The van der Waals surface area contributed by atoms with E-state index in [9.17, 15) is 4.79 Å². The number of nitrogen functional groups attached to an aromatic ring is 1. The Labute approximate surface area is 177 Å². The Bertz CT molecular complexity index is 1050. The van der Waals surface area contributed by atoms with Gasteiger partial charge >= 0.3 is 0 Å². The van der Waals surface area contributed by atoms with Gasteiger partial charge < -0.3 is 10.3 Å². The molecule has 0 atom stereocenters. The van der Waals surface area contributed by atoms with Crippen molar-refractivity contribution in [2.24, 2.45) is 22.7 Å². The Hall–Kier alpha value is -2.37. The molecular weight excluding hydrogens is 374 g/mol. The number of fused-ring (bicyclic) bond motifs is 1. The quantitative estimate of drug-likeness (QED) is 0.685. The molecule has 6 heteroatoms. The molecule has 3 aliphatic carbocycles. The van der Waals surface area contributed by atoms with E-state index >= 15 is 0 Å². The van der Waals surface area contributed by atoms with E-state index in [2.05, 4.69) is 28.2 Å². The van der Waals surface area contributed by atoms with Crippen LogP contribution < -0.4 is 11.3 Å². The lowest BCUT2D eigenvalue weighted by atomic mass is 9.83. The lowest BCUT2D eigenvalue weighted by Gasteiger charge is -2.23. The summed E-state index contributed by atoms with van der Waals surface area (Å²) >= 11 is 0. The minimum atomic E-state index is -0.00719. The molecule has 3 N–H and O–H groups in total. The molecule has 0 bridgehead atoms. The lowest BCUT2D eigenvalue weighted by Crippen LogP contribution is -2.28. The molecule has 5 rings (SSSR count). The molecule has 3 aliphatic rings. The molecular formula is C24H33N5O. The van der Waals surface area contributed by atoms with Gasteiger partial charge in [-0.25, -0.2) is 0 Å². The molecule has 2 heterocycles. The maximum absolute atomic E-state index is 13.4. The van der Waals surface area contributed by atoms with Crippen LogP contribution in [0, 0.1) is 17.8 Å². The van der Waals surface area contributed by atoms with E-state index in [-0.39, 0.29) is 11.6 Å². The highest BCUT2D eigenvalue weighted by Crippen LogP contribution is 2.51. The van der Waals surface area contributed by atoms with Crippen molar-refractivity contribution in [2.45, 2.75) is 70.8 Å². The molecule has 0 amide bonds. The first-order valence-electron chi connectivity index (χ1n) is 11.6. The zero-order valence-electron chi connectivity index (χ0n) is 18.2. The van der Waals surface area contributed by atoms with Gasteiger partial charge in [0, 0.05) is 24.8 Å². The lowest BCUT2D eigenvalue weighted by molar-refractivity contribution is 0.386. The first-order chi connectivity index (χ1) is 14.6. The molecule has 3 saturated carbocycles. The highest BCUT2D eigenvalue weighted by atomic mass is 16.1. The fraction of sp³-hybridized carbons (Fsp3) is 0.625. The third-order valence-corrected chi connectivity index (χ3v) is 7.44. The molecule has 30 heavy (non-hydrogen) atoms. The summed E-state index contributed by atoms with van der Waals surface area (Å²) in [5.74, 6) is 2.17. The molecule has 2 aromatic rings. The Morgan fingerprint density at radius 2 is 1.87 bits per heavy atom. The molecule has 0 aromatic carbocycles. The fourth-order valence-electron chi connectivity index (χ4n) is 5.44. The molecule has 2 aromatic heterocycles. The first-order valence-corrected chi connectivity index (χ1v) is 11.6. The van der Waals surface area contributed by atoms with Crippen molar-refractivity contribution >= 4 is 22.4 Å². The largest absolute Gasteiger partial charge is 0.382 e. The Kier molecular flexibility index (Phi) is 5.03. The van der Waals surface area contributed by atoms with Crippen molar-refractivity contribution in [2.75, 3.05) is 12.8 Å². The minimum absolute atomic E-state index is 0.00719. The fourth-order valence-corrected chi connectivity index (χ4v) is 5.44. The molecule has 3 fully saturated rings. The van der Waals surface area contributed by atoms with Crippen LogP contribution in [0.5, 0.6) is 0 Å². The second kappa shape index (κ2) is 7.71. The van der Waals surface area contributed by atoms with Crippen molar-refractivity contribution < 1.29 is 0 Å². The van der Waals surface area contributed by atoms with Crippen LogP contribution in [0.1, 0.15) is 76.3 Å². The van der Waals surface area contributed by atoms with Gasteiger partial charge in [-0.2, -0.15) is 5.10 Å². The Balaban J connectivity index is 1.62. The average Bonchev–Trinajstić information content (AvgIpc) is 3.69. The van der Waals surface area contributed by atoms with Gasteiger partial charge in [-0.05, 0) is 69.3 Å². The highest BCUT2D eigenvalue weighted by Gasteiger charge is 2.43. The molecule has 160 valence electrons. The predicted molar refractivity (Wildman–Crippen MR) is 122 cm³/mol. The zero-order chi connectivity index (χ0) is 20.8. The van der Waals surface area contributed by atoms with Gasteiger partial charge in [-0.3, -0.25) is 14.9 Å². The number of hydrogen-bond acceptors (Lipinski definition) is 4. The highest BCUT2D eigenvalue weighted by molar-refractivity contribution is 6.16. The van der Waals surface area contributed by atoms with Crippen LogP contribution in [0.2, 0.25) is 0 Å². The number of aromatic nitrogens is 3. The average molecular weight is 408 g/mol. The van der Waals surface area contributed by atoms with Gasteiger partial charge in [0.2, 0.25) is 0 Å². The molecule has 0 spiro atoms. The second-order valence-corrected chi connectivity index (χ2v) is 9.61. The maximum atomic E-state index is 13.4. The standard InChI is InChI=1S/C24H33N5O/c1-14(15-6-4-3-5-7-15)12-19(26-2)18-13-29(22(16-8-9-16)17-10-11-17)24(30)20-21(18)27-28-23(20)25/h12-13,15-17,22H,3-11H2,1-2H3,(H3,25,27,28)/b14-12+,26-19+. The summed E-state index contributed by atoms with van der Waals surface area (Å²) in [7, 11) is 1.83. The zero-order valence-corrected chi connectivity index (χ0v) is 18.2. The van der Waals surface area contributed by atoms with Gasteiger partial charge in [-0.1, -0.05) is 24.8 Å². The molecule has 0 saturated heterocycles. The van der Waals surface area contributed by atoms with E-state index in [1.54, 1.807) is 0 Å². The number of pyridine rings is 1. The molecule has 0 unspecified atom stereocenters. The van der Waals surface area contributed by atoms with Crippen molar-refractivity contribution in [3.8, 4) is 0 Å². The number of aromatic amines is 1. The summed E-state index contributed by atoms with van der Waals surface area (Å²) in [5, 5.41) is 7.73. The maximum Gasteiger partial charge on any atom is 0.264 e. The van der Waals surface area contributed by atoms with E-state index in [1.807, 2.05) is 17.8 Å². The molecule has 6 nitrogen and oxygen atoms in total. The summed E-state index contributed by atoms with van der Waals surface area (Å²) in [6.45, 7) is 2.23. The van der Waals surface area contributed by atoms with Crippen molar-refractivity contribution in [3.05, 3.63) is 33.8 Å². The number of nitrogens with two attached hydrogens (primary N) is 1. The van der Waals surface area contributed by atoms with E-state index in [0.29, 0.717) is 34.5 Å². The predicted octanol–water partition coefficient (Wildman–Crippen LogP) is 4.61. The van der Waals surface area contributed by atoms with Crippen LogP contribution in [0.15, 0.2) is 27.6 Å². The van der Waals surface area contributed by atoms with Gasteiger partial charge in [0.1, 0.15) is 5.39 Å². The van der Waals surface area contributed by atoms with Gasteiger partial charge in [0.15, 0.2) is 5.82 Å². The van der Waals surface area contributed by atoms with Crippen molar-refractivity contribution in [3.63, 3.8) is 0 Å². The summed E-state index contributed by atoms with van der Waals surface area (Å²) in [4.78, 5) is 18.1. The van der Waals surface area contributed by atoms with Crippen molar-refractivity contribution in [1.29, 1.82) is 0 Å². The van der Waals surface area contributed by atoms with Crippen LogP contribution in [0.25, 0.3) is 10.9 Å². The van der Waals surface area contributed by atoms with Crippen LogP contribution >= 0.6 is 0 Å². The summed E-state index contributed by atoms with van der Waals surface area (Å²) in [6, 6.07) is 0.288. The topological polar surface area (TPSA) is 89.1 Å². The van der Waals surface area contributed by atoms with E-state index in [0.717, 1.165) is 11.3 Å².